The Balaban J connectivity index is 1.96. The van der Waals surface area contributed by atoms with E-state index in [4.69, 9.17) is 33.2 Å². The monoisotopic (exact) mass is 577 g/mol. The van der Waals surface area contributed by atoms with Gasteiger partial charge in [0.2, 0.25) is 11.5 Å². The van der Waals surface area contributed by atoms with Gasteiger partial charge in [0.15, 0.2) is 34.5 Å². The second-order valence-corrected chi connectivity index (χ2v) is 8.44. The van der Waals surface area contributed by atoms with Crippen LogP contribution in [-0.4, -0.2) is 70.7 Å². The van der Waals surface area contributed by atoms with Gasteiger partial charge < -0.3 is 33.2 Å². The average Bonchev–Trinajstić information content (AvgIpc) is 3.04. The van der Waals surface area contributed by atoms with Crippen molar-refractivity contribution < 1.29 is 33.2 Å². The molecule has 0 bridgehead atoms. The van der Waals surface area contributed by atoms with Crippen molar-refractivity contribution >= 4 is 11.4 Å². The number of hydrogen-bond donors (Lipinski definition) is 2. The highest BCUT2D eigenvalue weighted by Crippen LogP contribution is 2.41. The number of anilines is 1. The summed E-state index contributed by atoms with van der Waals surface area (Å²) in [6.07, 6.45) is 0. The molecule has 13 nitrogen and oxygen atoms in total. The molecule has 4 aromatic rings. The van der Waals surface area contributed by atoms with Crippen molar-refractivity contribution in [2.24, 2.45) is 5.10 Å². The van der Waals surface area contributed by atoms with Crippen LogP contribution in [0.5, 0.6) is 40.2 Å². The number of benzene rings is 3. The first-order valence-corrected chi connectivity index (χ1v) is 12.5. The zero-order valence-electron chi connectivity index (χ0n) is 24.2. The lowest BCUT2D eigenvalue weighted by Crippen LogP contribution is -2.24. The lowest BCUT2D eigenvalue weighted by Gasteiger charge is -2.16. The summed E-state index contributed by atoms with van der Waals surface area (Å²) in [6.45, 7) is 0. The number of hydrogen-bond acceptors (Lipinski definition) is 12. The minimum atomic E-state index is -0.597. The fraction of sp³-hybridized carbons (Fsp3) is 0.241. The molecule has 0 spiro atoms. The van der Waals surface area contributed by atoms with Gasteiger partial charge in [-0.15, -0.1) is 0 Å². The Morgan fingerprint density at radius 1 is 0.714 bits per heavy atom. The maximum absolute atomic E-state index is 13.3. The van der Waals surface area contributed by atoms with Crippen molar-refractivity contribution in [1.29, 1.82) is 0 Å². The van der Waals surface area contributed by atoms with Crippen LogP contribution >= 0.6 is 0 Å². The van der Waals surface area contributed by atoms with Crippen LogP contribution in [0, 0.1) is 0 Å². The Hall–Kier alpha value is -5.46. The SMILES string of the molecule is COc1ccccc1N/N=C(\c1cc(OC)c(OC)c(OC)c1)c1nc(-c2cc(OC)c(OC)c(OC)c2)n[nH]c1=O. The summed E-state index contributed by atoms with van der Waals surface area (Å²) < 4.78 is 38.4. The predicted octanol–water partition coefficient (Wildman–Crippen LogP) is 3.76. The van der Waals surface area contributed by atoms with E-state index in [2.05, 4.69) is 25.7 Å². The predicted molar refractivity (Wildman–Crippen MR) is 156 cm³/mol. The Kier molecular flexibility index (Phi) is 9.32. The quantitative estimate of drug-likeness (QED) is 0.187. The lowest BCUT2D eigenvalue weighted by atomic mass is 10.1. The number of ether oxygens (including phenoxy) is 7. The first-order valence-electron chi connectivity index (χ1n) is 12.5. The highest BCUT2D eigenvalue weighted by atomic mass is 16.5. The summed E-state index contributed by atoms with van der Waals surface area (Å²) in [4.78, 5) is 17.9. The van der Waals surface area contributed by atoms with Gasteiger partial charge in [0.05, 0.1) is 55.5 Å². The number of aromatic nitrogens is 3. The largest absolute Gasteiger partial charge is 0.495 e. The summed E-state index contributed by atoms with van der Waals surface area (Å²) in [5, 5.41) is 11.3. The fourth-order valence-corrected chi connectivity index (χ4v) is 4.16. The molecule has 3 aromatic carbocycles. The third kappa shape index (κ3) is 5.84. The zero-order chi connectivity index (χ0) is 30.2. The van der Waals surface area contributed by atoms with Crippen LogP contribution in [0.3, 0.4) is 0 Å². The van der Waals surface area contributed by atoms with E-state index >= 15 is 0 Å². The van der Waals surface area contributed by atoms with E-state index in [9.17, 15) is 4.79 Å². The van der Waals surface area contributed by atoms with Gasteiger partial charge in [-0.2, -0.15) is 10.2 Å². The number of hydrazone groups is 1. The Labute approximate surface area is 242 Å². The Morgan fingerprint density at radius 3 is 1.76 bits per heavy atom. The topological polar surface area (TPSA) is 148 Å². The molecular weight excluding hydrogens is 546 g/mol. The molecule has 220 valence electrons. The van der Waals surface area contributed by atoms with Gasteiger partial charge in [0.1, 0.15) is 11.5 Å². The molecule has 0 saturated heterocycles. The van der Waals surface area contributed by atoms with Crippen LogP contribution in [0.15, 0.2) is 58.4 Å². The van der Waals surface area contributed by atoms with Crippen molar-refractivity contribution in [2.75, 3.05) is 55.2 Å². The van der Waals surface area contributed by atoms with E-state index < -0.39 is 5.56 Å². The smallest absolute Gasteiger partial charge is 0.292 e. The van der Waals surface area contributed by atoms with E-state index in [0.29, 0.717) is 57.1 Å². The molecule has 13 heteroatoms. The average molecular weight is 578 g/mol. The minimum Gasteiger partial charge on any atom is -0.495 e. The highest BCUT2D eigenvalue weighted by molar-refractivity contribution is 6.12. The Bertz CT molecular complexity index is 1600. The number of methoxy groups -OCH3 is 7. The number of aromatic amines is 1. The van der Waals surface area contributed by atoms with Gasteiger partial charge in [-0.1, -0.05) is 12.1 Å². The number of rotatable bonds is 12. The molecule has 42 heavy (non-hydrogen) atoms. The molecule has 1 aromatic heterocycles. The lowest BCUT2D eigenvalue weighted by molar-refractivity contribution is 0.324. The molecule has 4 rings (SSSR count). The van der Waals surface area contributed by atoms with E-state index in [1.54, 1.807) is 43.5 Å². The molecule has 0 saturated carbocycles. The van der Waals surface area contributed by atoms with Crippen molar-refractivity contribution in [1.82, 2.24) is 15.2 Å². The zero-order valence-corrected chi connectivity index (χ0v) is 24.2. The van der Waals surface area contributed by atoms with Gasteiger partial charge in [-0.3, -0.25) is 10.2 Å². The third-order valence-electron chi connectivity index (χ3n) is 6.18. The van der Waals surface area contributed by atoms with Gasteiger partial charge in [-0.25, -0.2) is 10.1 Å². The molecule has 1 heterocycles. The molecule has 0 atom stereocenters. The number of nitrogens with zero attached hydrogens (tertiary/aromatic N) is 3. The van der Waals surface area contributed by atoms with E-state index in [-0.39, 0.29) is 17.2 Å². The molecule has 0 aliphatic carbocycles. The van der Waals surface area contributed by atoms with Gasteiger partial charge >= 0.3 is 0 Å². The van der Waals surface area contributed by atoms with E-state index in [1.165, 1.54) is 42.7 Å². The highest BCUT2D eigenvalue weighted by Gasteiger charge is 2.23. The number of H-pyrrole nitrogens is 1. The van der Waals surface area contributed by atoms with E-state index in [0.717, 1.165) is 0 Å². The molecule has 0 fully saturated rings. The second kappa shape index (κ2) is 13.3. The van der Waals surface area contributed by atoms with Crippen LogP contribution in [0.1, 0.15) is 11.3 Å². The molecule has 0 aliphatic rings. The standard InChI is InChI=1S/C29H31N5O8/c1-36-19-11-9-8-10-18(19)31-32-24(16-12-20(37-2)26(41-6)21(13-16)38-3)25-29(35)34-33-28(30-25)17-14-22(39-4)27(42-7)23(15-17)40-5/h8-15,31H,1-7H3,(H,34,35)/b32-24+. The first kappa shape index (κ1) is 29.5. The van der Waals surface area contributed by atoms with Crippen molar-refractivity contribution in [3.05, 3.63) is 70.1 Å². The maximum atomic E-state index is 13.3. The Morgan fingerprint density at radius 2 is 1.24 bits per heavy atom. The van der Waals surface area contributed by atoms with Gasteiger partial charge in [0.25, 0.3) is 5.56 Å². The van der Waals surface area contributed by atoms with Crippen LogP contribution in [0.4, 0.5) is 5.69 Å². The number of nitrogens with one attached hydrogen (secondary N) is 2. The van der Waals surface area contributed by atoms with Crippen molar-refractivity contribution in [3.8, 4) is 51.6 Å². The molecule has 0 amide bonds. The summed E-state index contributed by atoms with van der Waals surface area (Å²) in [6, 6.07) is 13.9. The molecule has 0 radical (unpaired) electrons. The molecule has 0 aliphatic heterocycles. The van der Waals surface area contributed by atoms with Gasteiger partial charge in [0, 0.05) is 11.1 Å². The summed E-state index contributed by atoms with van der Waals surface area (Å²) in [5.74, 6) is 2.96. The summed E-state index contributed by atoms with van der Waals surface area (Å²) >= 11 is 0. The second-order valence-electron chi connectivity index (χ2n) is 8.44. The minimum absolute atomic E-state index is 0.0505. The van der Waals surface area contributed by atoms with Crippen LogP contribution < -0.4 is 44.1 Å². The molecule has 2 N–H and O–H groups in total. The molecule has 0 unspecified atom stereocenters. The van der Waals surface area contributed by atoms with Crippen molar-refractivity contribution in [3.63, 3.8) is 0 Å². The third-order valence-corrected chi connectivity index (χ3v) is 6.18. The van der Waals surface area contributed by atoms with Crippen LogP contribution in [-0.2, 0) is 0 Å². The normalized spacial score (nSPS) is 11.0. The first-order chi connectivity index (χ1) is 20.4. The maximum Gasteiger partial charge on any atom is 0.292 e. The summed E-state index contributed by atoms with van der Waals surface area (Å²) in [7, 11) is 10.5. The molecular formula is C29H31N5O8. The van der Waals surface area contributed by atoms with Crippen LogP contribution in [0.2, 0.25) is 0 Å². The number of para-hydroxylation sites is 2. The van der Waals surface area contributed by atoms with Crippen LogP contribution in [0.25, 0.3) is 11.4 Å². The van der Waals surface area contributed by atoms with E-state index in [1.807, 2.05) is 12.1 Å². The summed E-state index contributed by atoms with van der Waals surface area (Å²) in [5.41, 5.74) is 3.97. The van der Waals surface area contributed by atoms with Gasteiger partial charge in [-0.05, 0) is 36.4 Å². The van der Waals surface area contributed by atoms with Crippen molar-refractivity contribution in [2.45, 2.75) is 0 Å². The fourth-order valence-electron chi connectivity index (χ4n) is 4.16.